The van der Waals surface area contributed by atoms with Crippen molar-refractivity contribution in [1.82, 2.24) is 20.0 Å². The Morgan fingerprint density at radius 1 is 1.14 bits per heavy atom. The second kappa shape index (κ2) is 7.54. The molecule has 0 aliphatic carbocycles. The summed E-state index contributed by atoms with van der Waals surface area (Å²) in [4.78, 5) is 12.5. The Bertz CT molecular complexity index is 1030. The van der Waals surface area contributed by atoms with Gasteiger partial charge in [-0.05, 0) is 44.5 Å². The fourth-order valence-corrected chi connectivity index (χ4v) is 3.58. The van der Waals surface area contributed by atoms with Crippen molar-refractivity contribution in [1.29, 1.82) is 0 Å². The van der Waals surface area contributed by atoms with Crippen LogP contribution in [0.15, 0.2) is 36.4 Å². The van der Waals surface area contributed by atoms with Crippen molar-refractivity contribution >= 4 is 11.7 Å². The van der Waals surface area contributed by atoms with E-state index in [2.05, 4.69) is 20.6 Å². The van der Waals surface area contributed by atoms with Crippen molar-refractivity contribution < 1.29 is 14.3 Å². The fraction of sp³-hybridized carbons (Fsp3) is 0.333. The van der Waals surface area contributed by atoms with Gasteiger partial charge in [0.25, 0.3) is 0 Å². The molecule has 0 saturated carbocycles. The van der Waals surface area contributed by atoms with Gasteiger partial charge in [0.1, 0.15) is 11.6 Å². The largest absolute Gasteiger partial charge is 0.491 e. The van der Waals surface area contributed by atoms with Crippen LogP contribution in [0.4, 0.5) is 5.82 Å². The zero-order valence-corrected chi connectivity index (χ0v) is 16.8. The molecule has 1 aromatic carbocycles. The summed E-state index contributed by atoms with van der Waals surface area (Å²) in [5.74, 6) is 2.21. The molecule has 3 aromatic rings. The topological polar surface area (TPSA) is 91.2 Å². The molecule has 0 saturated heterocycles. The molecule has 1 N–H and O–H groups in total. The predicted octanol–water partition coefficient (Wildman–Crippen LogP) is 3.24. The van der Waals surface area contributed by atoms with E-state index in [0.717, 1.165) is 22.6 Å². The second-order valence-electron chi connectivity index (χ2n) is 7.23. The quantitative estimate of drug-likeness (QED) is 0.716. The molecule has 4 rings (SSSR count). The Labute approximate surface area is 168 Å². The van der Waals surface area contributed by atoms with Gasteiger partial charge in [-0.3, -0.25) is 4.79 Å². The molecule has 0 radical (unpaired) electrons. The van der Waals surface area contributed by atoms with Gasteiger partial charge in [-0.25, -0.2) is 0 Å². The molecule has 3 heterocycles. The average Bonchev–Trinajstić information content (AvgIpc) is 3.04. The highest BCUT2D eigenvalue weighted by Gasteiger charge is 2.33. The number of fused-ring (bicyclic) bond motifs is 1. The van der Waals surface area contributed by atoms with E-state index in [4.69, 9.17) is 9.47 Å². The maximum Gasteiger partial charge on any atom is 0.233 e. The number of anilines is 1. The SMILES string of the molecule is COc1ccc(-n2nc(C)c3c2NC(=O)C[C@H]3c2ccc(OC(C)C)cc2)nn1. The summed E-state index contributed by atoms with van der Waals surface area (Å²) in [5, 5.41) is 15.7. The van der Waals surface area contributed by atoms with E-state index >= 15 is 0 Å². The van der Waals surface area contributed by atoms with E-state index in [0.29, 0.717) is 23.9 Å². The van der Waals surface area contributed by atoms with Gasteiger partial charge in [0.15, 0.2) is 5.82 Å². The number of nitrogens with zero attached hydrogens (tertiary/aromatic N) is 4. The molecule has 2 aromatic heterocycles. The molecular weight excluding hydrogens is 370 g/mol. The zero-order valence-electron chi connectivity index (χ0n) is 16.8. The number of benzene rings is 1. The Morgan fingerprint density at radius 3 is 2.52 bits per heavy atom. The van der Waals surface area contributed by atoms with Gasteiger partial charge in [-0.2, -0.15) is 9.78 Å². The molecular formula is C21H23N5O3. The summed E-state index contributed by atoms with van der Waals surface area (Å²) in [6, 6.07) is 11.4. The van der Waals surface area contributed by atoms with E-state index in [9.17, 15) is 4.79 Å². The third kappa shape index (κ3) is 3.65. The minimum absolute atomic E-state index is 0.0624. The van der Waals surface area contributed by atoms with Crippen LogP contribution in [-0.2, 0) is 4.79 Å². The lowest BCUT2D eigenvalue weighted by molar-refractivity contribution is -0.116. The van der Waals surface area contributed by atoms with E-state index in [1.807, 2.05) is 45.0 Å². The lowest BCUT2D eigenvalue weighted by Gasteiger charge is -2.24. The van der Waals surface area contributed by atoms with Crippen LogP contribution in [0.1, 0.15) is 43.0 Å². The first kappa shape index (κ1) is 18.9. The number of hydrogen-bond acceptors (Lipinski definition) is 6. The number of carbonyl (C=O) groups is 1. The summed E-state index contributed by atoms with van der Waals surface area (Å²) in [6.45, 7) is 5.92. The third-order valence-corrected chi connectivity index (χ3v) is 4.81. The third-order valence-electron chi connectivity index (χ3n) is 4.81. The number of aromatic nitrogens is 4. The lowest BCUT2D eigenvalue weighted by Crippen LogP contribution is -2.25. The van der Waals surface area contributed by atoms with Crippen LogP contribution in [-0.4, -0.2) is 39.1 Å². The average molecular weight is 393 g/mol. The van der Waals surface area contributed by atoms with Gasteiger partial charge in [0.2, 0.25) is 11.8 Å². The first-order valence-corrected chi connectivity index (χ1v) is 9.50. The van der Waals surface area contributed by atoms with Gasteiger partial charge in [0.05, 0.1) is 18.9 Å². The highest BCUT2D eigenvalue weighted by atomic mass is 16.5. The van der Waals surface area contributed by atoms with Crippen LogP contribution < -0.4 is 14.8 Å². The summed E-state index contributed by atoms with van der Waals surface area (Å²) in [5.41, 5.74) is 2.87. The lowest BCUT2D eigenvalue weighted by atomic mass is 9.86. The van der Waals surface area contributed by atoms with Gasteiger partial charge in [0, 0.05) is 24.0 Å². The molecule has 1 atom stereocenters. The second-order valence-corrected chi connectivity index (χ2v) is 7.23. The highest BCUT2D eigenvalue weighted by Crippen LogP contribution is 2.40. The van der Waals surface area contributed by atoms with Crippen molar-refractivity contribution in [2.24, 2.45) is 0 Å². The van der Waals surface area contributed by atoms with E-state index in [1.165, 1.54) is 7.11 Å². The molecule has 1 amide bonds. The van der Waals surface area contributed by atoms with Crippen LogP contribution in [0, 0.1) is 6.92 Å². The molecule has 1 aliphatic heterocycles. The van der Waals surface area contributed by atoms with Crippen LogP contribution in [0.5, 0.6) is 11.6 Å². The van der Waals surface area contributed by atoms with E-state index < -0.39 is 0 Å². The minimum Gasteiger partial charge on any atom is -0.491 e. The summed E-state index contributed by atoms with van der Waals surface area (Å²) >= 11 is 0. The molecule has 0 spiro atoms. The molecule has 8 nitrogen and oxygen atoms in total. The van der Waals surface area contributed by atoms with Gasteiger partial charge in [-0.15, -0.1) is 10.2 Å². The number of amides is 1. The smallest absolute Gasteiger partial charge is 0.233 e. The number of ether oxygens (including phenoxy) is 2. The first-order chi connectivity index (χ1) is 14.0. The number of carbonyl (C=O) groups excluding carboxylic acids is 1. The Hall–Kier alpha value is -3.42. The number of hydrogen-bond donors (Lipinski definition) is 1. The Balaban J connectivity index is 1.73. The van der Waals surface area contributed by atoms with Crippen LogP contribution in [0.2, 0.25) is 0 Å². The summed E-state index contributed by atoms with van der Waals surface area (Å²) in [7, 11) is 1.53. The summed E-state index contributed by atoms with van der Waals surface area (Å²) in [6.07, 6.45) is 0.470. The van der Waals surface area contributed by atoms with Crippen molar-refractivity contribution in [2.45, 2.75) is 39.2 Å². The summed E-state index contributed by atoms with van der Waals surface area (Å²) < 4.78 is 12.4. The Morgan fingerprint density at radius 2 is 1.90 bits per heavy atom. The van der Waals surface area contributed by atoms with Gasteiger partial charge in [-0.1, -0.05) is 12.1 Å². The zero-order chi connectivity index (χ0) is 20.5. The van der Waals surface area contributed by atoms with E-state index in [1.54, 1.807) is 16.8 Å². The van der Waals surface area contributed by atoms with Crippen molar-refractivity contribution in [3.05, 3.63) is 53.2 Å². The molecule has 8 heteroatoms. The molecule has 0 bridgehead atoms. The fourth-order valence-electron chi connectivity index (χ4n) is 3.58. The number of rotatable bonds is 5. The van der Waals surface area contributed by atoms with Crippen molar-refractivity contribution in [3.8, 4) is 17.4 Å². The maximum atomic E-state index is 12.5. The van der Waals surface area contributed by atoms with Gasteiger partial charge < -0.3 is 14.8 Å². The van der Waals surface area contributed by atoms with Crippen molar-refractivity contribution in [3.63, 3.8) is 0 Å². The molecule has 29 heavy (non-hydrogen) atoms. The van der Waals surface area contributed by atoms with Gasteiger partial charge >= 0.3 is 0 Å². The molecule has 150 valence electrons. The predicted molar refractivity (Wildman–Crippen MR) is 108 cm³/mol. The molecule has 0 unspecified atom stereocenters. The van der Waals surface area contributed by atoms with Crippen LogP contribution >= 0.6 is 0 Å². The van der Waals surface area contributed by atoms with E-state index in [-0.39, 0.29) is 17.9 Å². The molecule has 1 aliphatic rings. The Kier molecular flexibility index (Phi) is 4.92. The standard InChI is InChI=1S/C21H23N5O3/c1-12(2)29-15-7-5-14(6-8-15)16-11-18(27)22-21-20(16)13(3)25-26(21)17-9-10-19(28-4)24-23-17/h5-10,12,16H,11H2,1-4H3,(H,22,27)/t16-/m0/s1. The number of aryl methyl sites for hydroxylation is 1. The monoisotopic (exact) mass is 393 g/mol. The van der Waals surface area contributed by atoms with Crippen molar-refractivity contribution in [2.75, 3.05) is 12.4 Å². The normalized spacial score (nSPS) is 15.8. The minimum atomic E-state index is -0.0909. The van der Waals surface area contributed by atoms with Crippen LogP contribution in [0.3, 0.4) is 0 Å². The number of methoxy groups -OCH3 is 1. The highest BCUT2D eigenvalue weighted by molar-refractivity contribution is 5.95. The van der Waals surface area contributed by atoms with Crippen LogP contribution in [0.25, 0.3) is 5.82 Å². The molecule has 0 fully saturated rings. The first-order valence-electron chi connectivity index (χ1n) is 9.50. The number of nitrogens with one attached hydrogen (secondary N) is 1. The maximum absolute atomic E-state index is 12.5.